The highest BCUT2D eigenvalue weighted by atomic mass is 35.5. The van der Waals surface area contributed by atoms with Gasteiger partial charge in [-0.1, -0.05) is 36.0 Å². The van der Waals surface area contributed by atoms with Gasteiger partial charge in [0.1, 0.15) is 5.82 Å². The van der Waals surface area contributed by atoms with Crippen molar-refractivity contribution in [3.05, 3.63) is 28.0 Å². The fourth-order valence-electron chi connectivity index (χ4n) is 2.51. The van der Waals surface area contributed by atoms with Crippen LogP contribution in [0.3, 0.4) is 0 Å². The molecule has 2 aromatic rings. The van der Waals surface area contributed by atoms with E-state index in [1.165, 1.54) is 25.7 Å². The lowest BCUT2D eigenvalue weighted by Crippen LogP contribution is -2.25. The van der Waals surface area contributed by atoms with Gasteiger partial charge in [-0.2, -0.15) is 0 Å². The van der Waals surface area contributed by atoms with Gasteiger partial charge >= 0.3 is 0 Å². The third-order valence-electron chi connectivity index (χ3n) is 3.49. The minimum absolute atomic E-state index is 0.547. The Labute approximate surface area is 116 Å². The number of hydrogen-bond donors (Lipinski definition) is 2. The fourth-order valence-corrected chi connectivity index (χ4v) is 2.83. The highest BCUT2D eigenvalue weighted by Crippen LogP contribution is 2.26. The van der Waals surface area contributed by atoms with Gasteiger partial charge in [-0.25, -0.2) is 4.98 Å². The van der Waals surface area contributed by atoms with E-state index in [1.807, 2.05) is 6.07 Å². The number of fused-ring (bicyclic) bond motifs is 1. The Morgan fingerprint density at radius 2 is 1.94 bits per heavy atom. The number of aromatic amines is 1. The van der Waals surface area contributed by atoms with E-state index >= 15 is 0 Å². The number of benzene rings is 1. The Kier molecular flexibility index (Phi) is 3.46. The van der Waals surface area contributed by atoms with Crippen molar-refractivity contribution < 1.29 is 0 Å². The van der Waals surface area contributed by atoms with Crippen molar-refractivity contribution in [3.8, 4) is 0 Å². The molecule has 1 aromatic heterocycles. The largest absolute Gasteiger partial charge is 0.341 e. The van der Waals surface area contributed by atoms with E-state index in [0.717, 1.165) is 23.4 Å². The lowest BCUT2D eigenvalue weighted by molar-refractivity contribution is 0.516. The molecule has 0 aliphatic heterocycles. The minimum Gasteiger partial charge on any atom is -0.341 e. The van der Waals surface area contributed by atoms with Crippen LogP contribution in [-0.4, -0.2) is 16.0 Å². The first-order chi connectivity index (χ1) is 8.72. The molecule has 3 rings (SSSR count). The van der Waals surface area contributed by atoms with Gasteiger partial charge in [0.2, 0.25) is 0 Å². The summed E-state index contributed by atoms with van der Waals surface area (Å²) >= 11 is 12.0. The second kappa shape index (κ2) is 5.08. The highest BCUT2D eigenvalue weighted by Gasteiger charge is 2.14. The number of halogens is 2. The van der Waals surface area contributed by atoms with Gasteiger partial charge in [0, 0.05) is 6.04 Å². The maximum atomic E-state index is 5.98. The Bertz CT molecular complexity index is 520. The van der Waals surface area contributed by atoms with Crippen LogP contribution in [0.5, 0.6) is 0 Å². The van der Waals surface area contributed by atoms with Gasteiger partial charge in [-0.15, -0.1) is 0 Å². The van der Waals surface area contributed by atoms with E-state index in [-0.39, 0.29) is 0 Å². The number of aromatic nitrogens is 2. The first kappa shape index (κ1) is 12.3. The second-order valence-corrected chi connectivity index (χ2v) is 5.64. The SMILES string of the molecule is Clc1cc2nc(CNC3CCCC3)[nH]c2cc1Cl. The third-order valence-corrected chi connectivity index (χ3v) is 4.21. The number of imidazole rings is 1. The van der Waals surface area contributed by atoms with E-state index in [0.29, 0.717) is 16.1 Å². The molecule has 3 nitrogen and oxygen atoms in total. The molecule has 0 unspecified atom stereocenters. The topological polar surface area (TPSA) is 40.7 Å². The number of rotatable bonds is 3. The van der Waals surface area contributed by atoms with Crippen LogP contribution < -0.4 is 5.32 Å². The Morgan fingerprint density at radius 1 is 1.22 bits per heavy atom. The second-order valence-electron chi connectivity index (χ2n) is 4.83. The van der Waals surface area contributed by atoms with Crippen LogP contribution >= 0.6 is 23.2 Å². The van der Waals surface area contributed by atoms with E-state index in [9.17, 15) is 0 Å². The first-order valence-corrected chi connectivity index (χ1v) is 7.05. The first-order valence-electron chi connectivity index (χ1n) is 6.29. The van der Waals surface area contributed by atoms with Gasteiger partial charge in [0.15, 0.2) is 0 Å². The van der Waals surface area contributed by atoms with Crippen LogP contribution in [0.25, 0.3) is 11.0 Å². The van der Waals surface area contributed by atoms with Gasteiger partial charge in [0.25, 0.3) is 0 Å². The maximum Gasteiger partial charge on any atom is 0.121 e. The van der Waals surface area contributed by atoms with Crippen LogP contribution in [0.2, 0.25) is 10.0 Å². The smallest absolute Gasteiger partial charge is 0.121 e. The molecule has 1 aliphatic carbocycles. The summed E-state index contributed by atoms with van der Waals surface area (Å²) < 4.78 is 0. The summed E-state index contributed by atoms with van der Waals surface area (Å²) in [5.74, 6) is 0.940. The van der Waals surface area contributed by atoms with Gasteiger partial charge < -0.3 is 10.3 Å². The zero-order chi connectivity index (χ0) is 12.5. The van der Waals surface area contributed by atoms with Gasteiger partial charge in [0.05, 0.1) is 27.6 Å². The Morgan fingerprint density at radius 3 is 2.72 bits per heavy atom. The molecule has 18 heavy (non-hydrogen) atoms. The maximum absolute atomic E-state index is 5.98. The summed E-state index contributed by atoms with van der Waals surface area (Å²) in [5, 5.41) is 4.63. The van der Waals surface area contributed by atoms with E-state index < -0.39 is 0 Å². The minimum atomic E-state index is 0.547. The van der Waals surface area contributed by atoms with Gasteiger partial charge in [-0.3, -0.25) is 0 Å². The lowest BCUT2D eigenvalue weighted by atomic mass is 10.2. The molecule has 0 bridgehead atoms. The molecule has 96 valence electrons. The number of H-pyrrole nitrogens is 1. The molecule has 1 saturated carbocycles. The average molecular weight is 284 g/mol. The molecule has 0 radical (unpaired) electrons. The van der Waals surface area contributed by atoms with Crippen molar-refractivity contribution in [3.63, 3.8) is 0 Å². The molecule has 0 saturated heterocycles. The van der Waals surface area contributed by atoms with Crippen LogP contribution in [0.1, 0.15) is 31.5 Å². The van der Waals surface area contributed by atoms with Crippen LogP contribution in [0.4, 0.5) is 0 Å². The molecule has 1 aromatic carbocycles. The van der Waals surface area contributed by atoms with Crippen molar-refractivity contribution >= 4 is 34.2 Å². The number of hydrogen-bond acceptors (Lipinski definition) is 2. The van der Waals surface area contributed by atoms with E-state index in [2.05, 4.69) is 15.3 Å². The quantitative estimate of drug-likeness (QED) is 0.897. The van der Waals surface area contributed by atoms with Gasteiger partial charge in [-0.05, 0) is 25.0 Å². The van der Waals surface area contributed by atoms with E-state index in [1.54, 1.807) is 6.07 Å². The predicted molar refractivity (Wildman–Crippen MR) is 75.2 cm³/mol. The normalized spacial score (nSPS) is 16.8. The van der Waals surface area contributed by atoms with Crippen molar-refractivity contribution in [1.82, 2.24) is 15.3 Å². The molecule has 1 fully saturated rings. The Balaban J connectivity index is 1.76. The molecule has 0 atom stereocenters. The summed E-state index contributed by atoms with van der Waals surface area (Å²) in [7, 11) is 0. The average Bonchev–Trinajstić information content (AvgIpc) is 2.96. The zero-order valence-corrected chi connectivity index (χ0v) is 11.5. The predicted octanol–water partition coefficient (Wildman–Crippen LogP) is 3.90. The summed E-state index contributed by atoms with van der Waals surface area (Å²) in [6.07, 6.45) is 5.22. The van der Waals surface area contributed by atoms with Crippen LogP contribution in [0.15, 0.2) is 12.1 Å². The summed E-state index contributed by atoms with van der Waals surface area (Å²) in [4.78, 5) is 7.79. The number of nitrogens with zero attached hydrogens (tertiary/aromatic N) is 1. The van der Waals surface area contributed by atoms with Crippen molar-refractivity contribution in [1.29, 1.82) is 0 Å². The summed E-state index contributed by atoms with van der Waals surface area (Å²) in [6, 6.07) is 4.27. The third kappa shape index (κ3) is 2.48. The molecule has 1 heterocycles. The van der Waals surface area contributed by atoms with Crippen molar-refractivity contribution in [2.24, 2.45) is 0 Å². The highest BCUT2D eigenvalue weighted by molar-refractivity contribution is 6.42. The molecule has 0 amide bonds. The summed E-state index contributed by atoms with van der Waals surface area (Å²) in [5.41, 5.74) is 1.81. The van der Waals surface area contributed by atoms with Crippen molar-refractivity contribution in [2.45, 2.75) is 38.3 Å². The molecule has 2 N–H and O–H groups in total. The van der Waals surface area contributed by atoms with Crippen molar-refractivity contribution in [2.75, 3.05) is 0 Å². The molecule has 5 heteroatoms. The molecule has 1 aliphatic rings. The monoisotopic (exact) mass is 283 g/mol. The molecular formula is C13H15Cl2N3. The molecule has 0 spiro atoms. The van der Waals surface area contributed by atoms with Crippen LogP contribution in [-0.2, 0) is 6.54 Å². The number of nitrogens with one attached hydrogen (secondary N) is 2. The van der Waals surface area contributed by atoms with Crippen LogP contribution in [0, 0.1) is 0 Å². The van der Waals surface area contributed by atoms with E-state index in [4.69, 9.17) is 23.2 Å². The summed E-state index contributed by atoms with van der Waals surface area (Å²) in [6.45, 7) is 0.772. The fraction of sp³-hybridized carbons (Fsp3) is 0.462. The standard InChI is InChI=1S/C13H15Cl2N3/c14-9-5-11-12(6-10(9)15)18-13(17-11)7-16-8-3-1-2-4-8/h5-6,8,16H,1-4,7H2,(H,17,18). The molecular weight excluding hydrogens is 269 g/mol. The lowest BCUT2D eigenvalue weighted by Gasteiger charge is -2.09. The zero-order valence-electron chi connectivity index (χ0n) is 9.97. The Hall–Kier alpha value is -0.770.